The maximum Gasteiger partial charge on any atom is 0.328 e. The summed E-state index contributed by atoms with van der Waals surface area (Å²) in [6, 6.07) is 1.59. The molecule has 1 aliphatic heterocycles. The second kappa shape index (κ2) is 6.13. The Bertz CT molecular complexity index is 840. The zero-order chi connectivity index (χ0) is 17.6. The summed E-state index contributed by atoms with van der Waals surface area (Å²) in [7, 11) is 1.36. The monoisotopic (exact) mass is 342 g/mol. The van der Waals surface area contributed by atoms with Gasteiger partial charge in [-0.25, -0.2) is 14.5 Å². The number of carbonyl (C=O) groups is 2. The molecule has 0 aromatic carbocycles. The third-order valence-corrected chi connectivity index (χ3v) is 5.19. The number of rotatable bonds is 4. The maximum absolute atomic E-state index is 12.8. The number of aromatic nitrogens is 3. The van der Waals surface area contributed by atoms with Crippen LogP contribution in [-0.4, -0.2) is 51.2 Å². The minimum absolute atomic E-state index is 0.0962. The average Bonchev–Trinajstić information content (AvgIpc) is 3.26. The summed E-state index contributed by atoms with van der Waals surface area (Å²) in [6.45, 7) is 2.64. The van der Waals surface area contributed by atoms with Gasteiger partial charge in [-0.3, -0.25) is 4.79 Å². The highest BCUT2D eigenvalue weighted by Gasteiger charge is 2.35. The van der Waals surface area contributed by atoms with E-state index in [0.29, 0.717) is 18.9 Å². The highest BCUT2D eigenvalue weighted by atomic mass is 16.5. The van der Waals surface area contributed by atoms with Gasteiger partial charge in [0, 0.05) is 18.1 Å². The molecule has 7 nitrogen and oxygen atoms in total. The van der Waals surface area contributed by atoms with Gasteiger partial charge in [0.2, 0.25) is 5.91 Å². The number of hydrogen-bond acceptors (Lipinski definition) is 5. The number of nitrogens with zero attached hydrogens (tertiary/aromatic N) is 4. The van der Waals surface area contributed by atoms with Crippen LogP contribution < -0.4 is 0 Å². The Balaban J connectivity index is 1.61. The van der Waals surface area contributed by atoms with Gasteiger partial charge >= 0.3 is 5.97 Å². The largest absolute Gasteiger partial charge is 0.467 e. The third-order valence-electron chi connectivity index (χ3n) is 5.19. The van der Waals surface area contributed by atoms with E-state index in [1.54, 1.807) is 15.8 Å². The fourth-order valence-electron chi connectivity index (χ4n) is 3.82. The molecule has 1 saturated heterocycles. The number of likely N-dealkylation sites (tertiary alicyclic amines) is 1. The summed E-state index contributed by atoms with van der Waals surface area (Å²) in [6.07, 6.45) is 5.68. The SMILES string of the molecule is COC(=O)C1CCCN1C(=O)Cn1nc(C)c2c(C3CC3)ccnc21. The number of aryl methyl sites for hydroxylation is 1. The molecule has 25 heavy (non-hydrogen) atoms. The van der Waals surface area contributed by atoms with Crippen LogP contribution >= 0.6 is 0 Å². The molecule has 2 fully saturated rings. The van der Waals surface area contributed by atoms with Crippen molar-refractivity contribution in [3.63, 3.8) is 0 Å². The molecule has 0 bridgehead atoms. The predicted molar refractivity (Wildman–Crippen MR) is 91.0 cm³/mol. The Morgan fingerprint density at radius 1 is 1.32 bits per heavy atom. The number of esters is 1. The van der Waals surface area contributed by atoms with Crippen molar-refractivity contribution in [2.24, 2.45) is 0 Å². The molecule has 2 aromatic heterocycles. The van der Waals surface area contributed by atoms with Gasteiger partial charge in [0.1, 0.15) is 12.6 Å². The average molecular weight is 342 g/mol. The number of pyridine rings is 1. The molecule has 132 valence electrons. The molecule has 0 spiro atoms. The number of ether oxygens (including phenoxy) is 1. The number of amides is 1. The van der Waals surface area contributed by atoms with Crippen LogP contribution in [0.4, 0.5) is 0 Å². The van der Waals surface area contributed by atoms with Gasteiger partial charge in [0.25, 0.3) is 0 Å². The van der Waals surface area contributed by atoms with Crippen LogP contribution in [0.25, 0.3) is 11.0 Å². The summed E-state index contributed by atoms with van der Waals surface area (Å²) >= 11 is 0. The molecular weight excluding hydrogens is 320 g/mol. The van der Waals surface area contributed by atoms with Crippen molar-refractivity contribution in [1.82, 2.24) is 19.7 Å². The van der Waals surface area contributed by atoms with Crippen molar-refractivity contribution in [3.8, 4) is 0 Å². The Kier molecular flexibility index (Phi) is 3.94. The second-order valence-corrected chi connectivity index (χ2v) is 6.88. The van der Waals surface area contributed by atoms with Gasteiger partial charge in [0.05, 0.1) is 12.8 Å². The quantitative estimate of drug-likeness (QED) is 0.792. The Labute approximate surface area is 146 Å². The number of hydrogen-bond donors (Lipinski definition) is 0. The number of fused-ring (bicyclic) bond motifs is 1. The van der Waals surface area contributed by atoms with Crippen molar-refractivity contribution < 1.29 is 14.3 Å². The first kappa shape index (κ1) is 16.1. The van der Waals surface area contributed by atoms with Gasteiger partial charge < -0.3 is 9.64 Å². The summed E-state index contributed by atoms with van der Waals surface area (Å²) in [4.78, 5) is 30.7. The summed E-state index contributed by atoms with van der Waals surface area (Å²) < 4.78 is 6.49. The van der Waals surface area contributed by atoms with E-state index in [1.807, 2.05) is 6.92 Å². The number of carbonyl (C=O) groups excluding carboxylic acids is 2. The minimum Gasteiger partial charge on any atom is -0.467 e. The van der Waals surface area contributed by atoms with Gasteiger partial charge in [-0.1, -0.05) is 0 Å². The molecule has 7 heteroatoms. The Morgan fingerprint density at radius 3 is 2.84 bits per heavy atom. The lowest BCUT2D eigenvalue weighted by Gasteiger charge is -2.22. The minimum atomic E-state index is -0.476. The zero-order valence-electron chi connectivity index (χ0n) is 14.6. The Hall–Kier alpha value is -2.44. The van der Waals surface area contributed by atoms with E-state index in [0.717, 1.165) is 23.1 Å². The summed E-state index contributed by atoms with van der Waals surface area (Å²) in [5.74, 6) is 0.136. The first-order chi connectivity index (χ1) is 12.1. The van der Waals surface area contributed by atoms with E-state index in [1.165, 1.54) is 25.5 Å². The van der Waals surface area contributed by atoms with Crippen molar-refractivity contribution in [3.05, 3.63) is 23.5 Å². The van der Waals surface area contributed by atoms with E-state index in [2.05, 4.69) is 16.1 Å². The molecule has 2 aliphatic rings. The van der Waals surface area contributed by atoms with Crippen LogP contribution in [0.15, 0.2) is 12.3 Å². The summed E-state index contributed by atoms with van der Waals surface area (Å²) in [5, 5.41) is 5.63. The third kappa shape index (κ3) is 2.77. The van der Waals surface area contributed by atoms with Crippen LogP contribution in [0.2, 0.25) is 0 Å². The molecule has 1 unspecified atom stereocenters. The molecular formula is C18H22N4O3. The summed E-state index contributed by atoms with van der Waals surface area (Å²) in [5.41, 5.74) is 2.95. The fourth-order valence-corrected chi connectivity index (χ4v) is 3.82. The molecule has 4 rings (SSSR count). The lowest BCUT2D eigenvalue weighted by atomic mass is 10.1. The van der Waals surface area contributed by atoms with Gasteiger partial charge in [-0.05, 0) is 50.2 Å². The van der Waals surface area contributed by atoms with E-state index < -0.39 is 6.04 Å². The molecule has 2 aromatic rings. The van der Waals surface area contributed by atoms with E-state index in [4.69, 9.17) is 4.74 Å². The van der Waals surface area contributed by atoms with Crippen molar-refractivity contribution in [2.75, 3.05) is 13.7 Å². The molecule has 0 N–H and O–H groups in total. The first-order valence-electron chi connectivity index (χ1n) is 8.79. The molecule has 3 heterocycles. The highest BCUT2D eigenvalue weighted by Crippen LogP contribution is 2.43. The van der Waals surface area contributed by atoms with Gasteiger partial charge in [-0.2, -0.15) is 5.10 Å². The molecule has 1 saturated carbocycles. The van der Waals surface area contributed by atoms with E-state index in [9.17, 15) is 9.59 Å². The van der Waals surface area contributed by atoms with Crippen molar-refractivity contribution >= 4 is 22.9 Å². The molecule has 0 radical (unpaired) electrons. The topological polar surface area (TPSA) is 77.3 Å². The lowest BCUT2D eigenvalue weighted by Crippen LogP contribution is -2.42. The fraction of sp³-hybridized carbons (Fsp3) is 0.556. The maximum atomic E-state index is 12.8. The van der Waals surface area contributed by atoms with Crippen LogP contribution in [0.3, 0.4) is 0 Å². The van der Waals surface area contributed by atoms with E-state index >= 15 is 0 Å². The first-order valence-corrected chi connectivity index (χ1v) is 8.79. The smallest absolute Gasteiger partial charge is 0.328 e. The molecule has 1 atom stereocenters. The number of methoxy groups -OCH3 is 1. The van der Waals surface area contributed by atoms with Gasteiger partial charge in [0.15, 0.2) is 5.65 Å². The van der Waals surface area contributed by atoms with Crippen molar-refractivity contribution in [1.29, 1.82) is 0 Å². The normalized spacial score (nSPS) is 20.2. The highest BCUT2D eigenvalue weighted by molar-refractivity contribution is 5.87. The Morgan fingerprint density at radius 2 is 2.12 bits per heavy atom. The van der Waals surface area contributed by atoms with Crippen LogP contribution in [0, 0.1) is 6.92 Å². The molecule has 1 amide bonds. The zero-order valence-corrected chi connectivity index (χ0v) is 14.6. The van der Waals surface area contributed by atoms with E-state index in [-0.39, 0.29) is 18.4 Å². The standard InChI is InChI=1S/C18H22N4O3/c1-11-16-13(12-5-6-12)7-8-19-17(16)22(20-11)10-15(23)21-9-3-4-14(21)18(24)25-2/h7-8,12,14H,3-6,9-10H2,1-2H3. The second-order valence-electron chi connectivity index (χ2n) is 6.88. The van der Waals surface area contributed by atoms with Crippen molar-refractivity contribution in [2.45, 2.75) is 51.1 Å². The van der Waals surface area contributed by atoms with Crippen LogP contribution in [-0.2, 0) is 20.9 Å². The van der Waals surface area contributed by atoms with Crippen LogP contribution in [0.1, 0.15) is 42.9 Å². The van der Waals surface area contributed by atoms with Gasteiger partial charge in [-0.15, -0.1) is 0 Å². The predicted octanol–water partition coefficient (Wildman–Crippen LogP) is 1.78. The molecule has 1 aliphatic carbocycles. The van der Waals surface area contributed by atoms with Crippen LogP contribution in [0.5, 0.6) is 0 Å². The lowest BCUT2D eigenvalue weighted by molar-refractivity contribution is -0.151.